The highest BCUT2D eigenvalue weighted by Gasteiger charge is 2.38. The molecule has 2 aromatic carbocycles. The van der Waals surface area contributed by atoms with E-state index in [1.54, 1.807) is 18.2 Å². The molecule has 2 aromatic rings. The number of benzene rings is 2. The third-order valence-electron chi connectivity index (χ3n) is 6.28. The first-order valence-electron chi connectivity index (χ1n) is 11.5. The van der Waals surface area contributed by atoms with Gasteiger partial charge in [0.05, 0.1) is 17.4 Å². The summed E-state index contributed by atoms with van der Waals surface area (Å²) in [5.74, 6) is 0. The predicted octanol–water partition coefficient (Wildman–Crippen LogP) is 2.17. The summed E-state index contributed by atoms with van der Waals surface area (Å²) in [6.07, 6.45) is 4.62. The average molecular weight is 578 g/mol. The lowest BCUT2D eigenvalue weighted by Crippen LogP contribution is -2.51. The zero-order valence-electron chi connectivity index (χ0n) is 20.2. The molecule has 0 aromatic heterocycles. The molecule has 1 fully saturated rings. The third kappa shape index (κ3) is 8.23. The second kappa shape index (κ2) is 11.9. The molecule has 0 radical (unpaired) electrons. The second-order valence-electron chi connectivity index (χ2n) is 8.94. The van der Waals surface area contributed by atoms with E-state index in [9.17, 15) is 25.3 Å². The van der Waals surface area contributed by atoms with Crippen LogP contribution in [0.25, 0.3) is 0 Å². The molecule has 0 spiro atoms. The van der Waals surface area contributed by atoms with Gasteiger partial charge >= 0.3 is 0 Å². The Labute approximate surface area is 219 Å². The summed E-state index contributed by atoms with van der Waals surface area (Å²) in [5.41, 5.74) is 2.63. The van der Waals surface area contributed by atoms with E-state index in [1.807, 2.05) is 6.07 Å². The summed E-state index contributed by atoms with van der Waals surface area (Å²) in [4.78, 5) is 2.62. The number of nitrogens with one attached hydrogen (secondary N) is 1. The van der Waals surface area contributed by atoms with Gasteiger partial charge in [-0.25, -0.2) is 30.0 Å². The third-order valence-corrected chi connectivity index (χ3v) is 9.09. The van der Waals surface area contributed by atoms with E-state index < -0.39 is 29.1 Å². The molecule has 13 heteroatoms. The van der Waals surface area contributed by atoms with Crippen molar-refractivity contribution in [2.45, 2.75) is 36.2 Å². The minimum absolute atomic E-state index is 0.0335. The zero-order chi connectivity index (χ0) is 26.6. The molecule has 0 unspecified atom stereocenters. The monoisotopic (exact) mass is 577 g/mol. The van der Waals surface area contributed by atoms with Crippen molar-refractivity contribution in [3.63, 3.8) is 0 Å². The standard InChI is InChI=1S/C22H29N3O4S2.CH3ClO2S/c1-30(26,27)25(16-13-23-31(28,29)20-8-3-2-4-9-20)19-12-15-24-14-11-18-7-5-6-10-21(18)22(24)17-19;1-5(2,3)4/h2-10,19,22-23H,11-17H2,1H3;1H3/t19-,22-;/m0./s1. The van der Waals surface area contributed by atoms with Crippen LogP contribution in [0.4, 0.5) is 0 Å². The lowest BCUT2D eigenvalue weighted by Gasteiger charge is -2.45. The normalized spacial score (nSPS) is 20.7. The van der Waals surface area contributed by atoms with Crippen LogP contribution in [0, 0.1) is 0 Å². The minimum atomic E-state index is -3.67. The van der Waals surface area contributed by atoms with E-state index in [4.69, 9.17) is 0 Å². The quantitative estimate of drug-likeness (QED) is 0.501. The van der Waals surface area contributed by atoms with Crippen molar-refractivity contribution in [3.8, 4) is 0 Å². The Balaban J connectivity index is 0.000000658. The molecular formula is C23H32ClN3O6S3. The topological polar surface area (TPSA) is 121 Å². The first-order valence-corrected chi connectivity index (χ1v) is 17.5. The van der Waals surface area contributed by atoms with Crippen molar-refractivity contribution >= 4 is 39.8 Å². The zero-order valence-corrected chi connectivity index (χ0v) is 23.5. The fourth-order valence-corrected chi connectivity index (χ4v) is 6.99. The fourth-order valence-electron chi connectivity index (χ4n) is 4.79. The van der Waals surface area contributed by atoms with E-state index >= 15 is 0 Å². The van der Waals surface area contributed by atoms with Gasteiger partial charge in [-0.15, -0.1) is 0 Å². The smallest absolute Gasteiger partial charge is 0.240 e. The molecule has 36 heavy (non-hydrogen) atoms. The number of fused-ring (bicyclic) bond motifs is 3. The summed E-state index contributed by atoms with van der Waals surface area (Å²) in [7, 11) is -5.85. The summed E-state index contributed by atoms with van der Waals surface area (Å²) >= 11 is 0. The number of hydrogen-bond acceptors (Lipinski definition) is 7. The van der Waals surface area contributed by atoms with Crippen molar-refractivity contribution < 1.29 is 25.3 Å². The molecule has 1 N–H and O–H groups in total. The molecule has 0 saturated carbocycles. The highest BCUT2D eigenvalue weighted by atomic mass is 35.7. The molecular weight excluding hydrogens is 546 g/mol. The van der Waals surface area contributed by atoms with Crippen LogP contribution in [-0.2, 0) is 35.5 Å². The van der Waals surface area contributed by atoms with Gasteiger partial charge in [-0.3, -0.25) is 4.90 Å². The van der Waals surface area contributed by atoms with E-state index in [0.717, 1.165) is 38.6 Å². The lowest BCUT2D eigenvalue weighted by atomic mass is 9.85. The van der Waals surface area contributed by atoms with Gasteiger partial charge in [-0.1, -0.05) is 42.5 Å². The lowest BCUT2D eigenvalue weighted by molar-refractivity contribution is 0.0913. The second-order valence-corrected chi connectivity index (χ2v) is 15.7. The first-order chi connectivity index (χ1) is 16.8. The maximum atomic E-state index is 12.6. The Morgan fingerprint density at radius 3 is 2.19 bits per heavy atom. The van der Waals surface area contributed by atoms with E-state index in [0.29, 0.717) is 0 Å². The van der Waals surface area contributed by atoms with Crippen molar-refractivity contribution in [3.05, 3.63) is 65.7 Å². The van der Waals surface area contributed by atoms with E-state index in [2.05, 4.69) is 38.5 Å². The Morgan fingerprint density at radius 2 is 1.56 bits per heavy atom. The van der Waals surface area contributed by atoms with Gasteiger partial charge in [-0.05, 0) is 42.5 Å². The Hall–Kier alpha value is -1.54. The van der Waals surface area contributed by atoms with E-state index in [1.165, 1.54) is 33.8 Å². The summed E-state index contributed by atoms with van der Waals surface area (Å²) < 4.78 is 73.0. The van der Waals surface area contributed by atoms with Crippen LogP contribution in [0.5, 0.6) is 0 Å². The molecule has 2 aliphatic heterocycles. The number of hydrogen-bond donors (Lipinski definition) is 1. The van der Waals surface area contributed by atoms with Crippen LogP contribution >= 0.6 is 10.7 Å². The Morgan fingerprint density at radius 1 is 0.944 bits per heavy atom. The van der Waals surface area contributed by atoms with Crippen molar-refractivity contribution in [1.29, 1.82) is 0 Å². The molecule has 2 aliphatic rings. The summed E-state index contributed by atoms with van der Waals surface area (Å²) in [5, 5.41) is 0. The Bertz CT molecular complexity index is 1340. The Kier molecular flexibility index (Phi) is 9.58. The molecule has 0 aliphatic carbocycles. The molecule has 200 valence electrons. The molecule has 1 saturated heterocycles. The van der Waals surface area contributed by atoms with Crippen LogP contribution in [-0.4, -0.2) is 79.2 Å². The maximum Gasteiger partial charge on any atom is 0.240 e. The predicted molar refractivity (Wildman–Crippen MR) is 141 cm³/mol. The van der Waals surface area contributed by atoms with Crippen molar-refractivity contribution in [2.24, 2.45) is 0 Å². The van der Waals surface area contributed by atoms with Gasteiger partial charge in [0, 0.05) is 48.9 Å². The average Bonchev–Trinajstić information content (AvgIpc) is 2.80. The van der Waals surface area contributed by atoms with E-state index in [-0.39, 0.29) is 30.1 Å². The molecule has 0 bridgehead atoms. The van der Waals surface area contributed by atoms with Crippen molar-refractivity contribution in [2.75, 3.05) is 38.7 Å². The molecule has 2 atom stereocenters. The van der Waals surface area contributed by atoms with Crippen LogP contribution in [0.2, 0.25) is 0 Å². The molecule has 9 nitrogen and oxygen atoms in total. The van der Waals surface area contributed by atoms with Gasteiger partial charge in [0.25, 0.3) is 0 Å². The number of piperidine rings is 1. The highest BCUT2D eigenvalue weighted by Crippen LogP contribution is 2.38. The number of rotatable bonds is 7. The summed E-state index contributed by atoms with van der Waals surface area (Å²) in [6, 6.07) is 16.6. The van der Waals surface area contributed by atoms with Crippen LogP contribution < -0.4 is 4.72 Å². The SMILES string of the molecule is CS(=O)(=O)Cl.CS(=O)(=O)N(CCNS(=O)(=O)c1ccccc1)[C@H]1CCN2CCc3ccccc3[C@@H]2C1. The van der Waals surface area contributed by atoms with Crippen molar-refractivity contribution in [1.82, 2.24) is 13.9 Å². The highest BCUT2D eigenvalue weighted by molar-refractivity contribution is 8.13. The number of halogens is 1. The summed E-state index contributed by atoms with van der Waals surface area (Å²) in [6.45, 7) is 1.98. The van der Waals surface area contributed by atoms with Gasteiger partial charge in [0.1, 0.15) is 0 Å². The largest absolute Gasteiger partial charge is 0.296 e. The first kappa shape index (κ1) is 29.0. The molecule has 2 heterocycles. The molecule has 4 rings (SSSR count). The van der Waals surface area contributed by atoms with Crippen LogP contribution in [0.1, 0.15) is 30.0 Å². The van der Waals surface area contributed by atoms with Gasteiger partial charge in [0.15, 0.2) is 0 Å². The number of sulfonamides is 2. The van der Waals surface area contributed by atoms with Crippen LogP contribution in [0.3, 0.4) is 0 Å². The fraction of sp³-hybridized carbons (Fsp3) is 0.478. The minimum Gasteiger partial charge on any atom is -0.296 e. The van der Waals surface area contributed by atoms with Crippen LogP contribution in [0.15, 0.2) is 59.5 Å². The van der Waals surface area contributed by atoms with Gasteiger partial charge in [-0.2, -0.15) is 4.31 Å². The molecule has 0 amide bonds. The van der Waals surface area contributed by atoms with Gasteiger partial charge < -0.3 is 0 Å². The van der Waals surface area contributed by atoms with Gasteiger partial charge in [0.2, 0.25) is 29.1 Å². The number of nitrogens with zero attached hydrogens (tertiary/aromatic N) is 2. The maximum absolute atomic E-state index is 12.6.